The van der Waals surface area contributed by atoms with Crippen LogP contribution in [0.2, 0.25) is 5.02 Å². The van der Waals surface area contributed by atoms with Crippen molar-refractivity contribution in [2.45, 2.75) is 38.2 Å². The van der Waals surface area contributed by atoms with Crippen LogP contribution in [0.25, 0.3) is 0 Å². The minimum atomic E-state index is 0.559. The molecule has 0 atom stereocenters. The van der Waals surface area contributed by atoms with Crippen molar-refractivity contribution >= 4 is 11.6 Å². The molecule has 0 aromatic heterocycles. The molecule has 0 unspecified atom stereocenters. The van der Waals surface area contributed by atoms with Crippen molar-refractivity contribution in [1.29, 1.82) is 0 Å². The minimum absolute atomic E-state index is 0.559. The molecule has 0 N–H and O–H groups in total. The zero-order valence-electron chi connectivity index (χ0n) is 11.5. The Kier molecular flexibility index (Phi) is 4.27. The van der Waals surface area contributed by atoms with Crippen molar-refractivity contribution in [2.24, 2.45) is 0 Å². The van der Waals surface area contributed by atoms with Gasteiger partial charge in [-0.2, -0.15) is 0 Å². The van der Waals surface area contributed by atoms with Gasteiger partial charge in [-0.05, 0) is 54.2 Å². The molecular formula is C18H19ClO. The lowest BCUT2D eigenvalue weighted by Gasteiger charge is -2.11. The van der Waals surface area contributed by atoms with E-state index in [-0.39, 0.29) is 0 Å². The summed E-state index contributed by atoms with van der Waals surface area (Å²) >= 11 is 5.96. The maximum atomic E-state index is 5.96. The fourth-order valence-corrected chi connectivity index (χ4v) is 3.10. The van der Waals surface area contributed by atoms with Crippen molar-refractivity contribution in [3.05, 3.63) is 64.7 Å². The van der Waals surface area contributed by atoms with E-state index in [0.717, 1.165) is 22.3 Å². The summed E-state index contributed by atoms with van der Waals surface area (Å²) in [5.74, 6) is 1.68. The lowest BCUT2D eigenvalue weighted by molar-refractivity contribution is 0.306. The van der Waals surface area contributed by atoms with Gasteiger partial charge >= 0.3 is 0 Å². The number of hydrogen-bond donors (Lipinski definition) is 0. The molecule has 0 aliphatic heterocycles. The Morgan fingerprint density at radius 1 is 1.00 bits per heavy atom. The predicted octanol–water partition coefficient (Wildman–Crippen LogP) is 5.58. The molecule has 0 bridgehead atoms. The molecule has 2 heteroatoms. The van der Waals surface area contributed by atoms with Gasteiger partial charge in [-0.1, -0.05) is 48.7 Å². The highest BCUT2D eigenvalue weighted by molar-refractivity contribution is 6.30. The van der Waals surface area contributed by atoms with Crippen LogP contribution < -0.4 is 4.74 Å². The van der Waals surface area contributed by atoms with Gasteiger partial charge in [0, 0.05) is 5.02 Å². The Balaban J connectivity index is 1.60. The van der Waals surface area contributed by atoms with Gasteiger partial charge in [-0.25, -0.2) is 0 Å². The molecule has 20 heavy (non-hydrogen) atoms. The van der Waals surface area contributed by atoms with Gasteiger partial charge < -0.3 is 4.74 Å². The average molecular weight is 287 g/mol. The van der Waals surface area contributed by atoms with Gasteiger partial charge in [0.25, 0.3) is 0 Å². The first-order chi connectivity index (χ1) is 9.81. The number of rotatable bonds is 4. The minimum Gasteiger partial charge on any atom is -0.489 e. The van der Waals surface area contributed by atoms with Crippen molar-refractivity contribution in [2.75, 3.05) is 0 Å². The van der Waals surface area contributed by atoms with Crippen LogP contribution in [0.5, 0.6) is 5.75 Å². The molecule has 104 valence electrons. The molecule has 1 fully saturated rings. The Morgan fingerprint density at radius 3 is 2.45 bits per heavy atom. The number of ether oxygens (including phenoxy) is 1. The zero-order chi connectivity index (χ0) is 13.8. The molecule has 0 radical (unpaired) electrons. The predicted molar refractivity (Wildman–Crippen MR) is 83.4 cm³/mol. The largest absolute Gasteiger partial charge is 0.489 e. The van der Waals surface area contributed by atoms with Gasteiger partial charge in [-0.3, -0.25) is 0 Å². The maximum Gasteiger partial charge on any atom is 0.119 e. The van der Waals surface area contributed by atoms with Crippen molar-refractivity contribution < 1.29 is 4.74 Å². The summed E-state index contributed by atoms with van der Waals surface area (Å²) in [5, 5.41) is 0.752. The molecule has 0 spiro atoms. The van der Waals surface area contributed by atoms with E-state index < -0.39 is 0 Å². The van der Waals surface area contributed by atoms with Crippen LogP contribution in [0.15, 0.2) is 48.5 Å². The Bertz CT molecular complexity index is 556. The summed E-state index contributed by atoms with van der Waals surface area (Å²) in [6.45, 7) is 0.559. The van der Waals surface area contributed by atoms with Crippen LogP contribution >= 0.6 is 11.6 Å². The molecule has 1 saturated carbocycles. The van der Waals surface area contributed by atoms with E-state index in [9.17, 15) is 0 Å². The number of benzene rings is 2. The normalized spacial score (nSPS) is 15.4. The average Bonchev–Trinajstić information content (AvgIpc) is 3.00. The lowest BCUT2D eigenvalue weighted by atomic mass is 9.98. The maximum absolute atomic E-state index is 5.96. The molecule has 1 aliphatic carbocycles. The van der Waals surface area contributed by atoms with Gasteiger partial charge in [0.1, 0.15) is 12.4 Å². The van der Waals surface area contributed by atoms with E-state index in [4.69, 9.17) is 16.3 Å². The summed E-state index contributed by atoms with van der Waals surface area (Å²) in [6.07, 6.45) is 5.42. The van der Waals surface area contributed by atoms with Crippen LogP contribution in [0, 0.1) is 0 Å². The number of halogens is 1. The van der Waals surface area contributed by atoms with Crippen LogP contribution in [0.4, 0.5) is 0 Å². The summed E-state index contributed by atoms with van der Waals surface area (Å²) in [4.78, 5) is 0. The third-order valence-corrected chi connectivity index (χ3v) is 4.24. The highest BCUT2D eigenvalue weighted by atomic mass is 35.5. The first-order valence-corrected chi connectivity index (χ1v) is 7.66. The second kappa shape index (κ2) is 6.32. The second-order valence-corrected chi connectivity index (χ2v) is 5.91. The van der Waals surface area contributed by atoms with Crippen LogP contribution in [-0.4, -0.2) is 0 Å². The first kappa shape index (κ1) is 13.5. The SMILES string of the molecule is Clc1cccc(COc2ccc(C3CCCC3)cc2)c1. The van der Waals surface area contributed by atoms with Gasteiger partial charge in [-0.15, -0.1) is 0 Å². The van der Waals surface area contributed by atoms with E-state index in [2.05, 4.69) is 24.3 Å². The molecule has 0 amide bonds. The third kappa shape index (κ3) is 3.34. The van der Waals surface area contributed by atoms with Crippen molar-refractivity contribution in [1.82, 2.24) is 0 Å². The highest BCUT2D eigenvalue weighted by Crippen LogP contribution is 2.34. The Labute approximate surface area is 125 Å². The first-order valence-electron chi connectivity index (χ1n) is 7.28. The Hall–Kier alpha value is -1.47. The topological polar surface area (TPSA) is 9.23 Å². The van der Waals surface area contributed by atoms with E-state index in [1.165, 1.54) is 31.2 Å². The van der Waals surface area contributed by atoms with E-state index >= 15 is 0 Å². The van der Waals surface area contributed by atoms with Crippen LogP contribution in [-0.2, 0) is 6.61 Å². The standard InChI is InChI=1S/C18H19ClO/c19-17-7-3-4-14(12-17)13-20-18-10-8-16(9-11-18)15-5-1-2-6-15/h3-4,7-12,15H,1-2,5-6,13H2. The number of hydrogen-bond acceptors (Lipinski definition) is 1. The fraction of sp³-hybridized carbons (Fsp3) is 0.333. The molecular weight excluding hydrogens is 268 g/mol. The monoisotopic (exact) mass is 286 g/mol. The zero-order valence-corrected chi connectivity index (χ0v) is 12.3. The molecule has 1 nitrogen and oxygen atoms in total. The fourth-order valence-electron chi connectivity index (χ4n) is 2.89. The quantitative estimate of drug-likeness (QED) is 0.713. The smallest absolute Gasteiger partial charge is 0.119 e. The molecule has 2 aromatic rings. The van der Waals surface area contributed by atoms with Gasteiger partial charge in [0.15, 0.2) is 0 Å². The van der Waals surface area contributed by atoms with Crippen LogP contribution in [0.3, 0.4) is 0 Å². The summed E-state index contributed by atoms with van der Waals surface area (Å²) < 4.78 is 5.81. The Morgan fingerprint density at radius 2 is 1.75 bits per heavy atom. The summed E-state index contributed by atoms with van der Waals surface area (Å²) in [7, 11) is 0. The van der Waals surface area contributed by atoms with Gasteiger partial charge in [0.2, 0.25) is 0 Å². The van der Waals surface area contributed by atoms with E-state index in [1.54, 1.807) is 0 Å². The summed E-state index contributed by atoms with van der Waals surface area (Å²) in [6, 6.07) is 16.4. The van der Waals surface area contributed by atoms with Gasteiger partial charge in [0.05, 0.1) is 0 Å². The molecule has 2 aromatic carbocycles. The van der Waals surface area contributed by atoms with Crippen molar-refractivity contribution in [3.8, 4) is 5.75 Å². The second-order valence-electron chi connectivity index (χ2n) is 5.47. The lowest BCUT2D eigenvalue weighted by Crippen LogP contribution is -1.96. The van der Waals surface area contributed by atoms with E-state index in [1.807, 2.05) is 24.3 Å². The molecule has 3 rings (SSSR count). The van der Waals surface area contributed by atoms with Crippen LogP contribution in [0.1, 0.15) is 42.7 Å². The molecule has 0 saturated heterocycles. The molecule has 1 aliphatic rings. The van der Waals surface area contributed by atoms with E-state index in [0.29, 0.717) is 6.61 Å². The molecule has 0 heterocycles. The third-order valence-electron chi connectivity index (χ3n) is 4.00. The van der Waals surface area contributed by atoms with Crippen molar-refractivity contribution in [3.63, 3.8) is 0 Å². The summed E-state index contributed by atoms with van der Waals surface area (Å²) in [5.41, 5.74) is 2.55. The highest BCUT2D eigenvalue weighted by Gasteiger charge is 2.16.